The normalized spacial score (nSPS) is 27.3. The van der Waals surface area contributed by atoms with Gasteiger partial charge in [-0.3, -0.25) is 4.79 Å². The molecular weight excluding hydrogens is 308 g/mol. The number of benzene rings is 1. The summed E-state index contributed by atoms with van der Waals surface area (Å²) in [4.78, 5) is 11.9. The number of phenolic OH excluding ortho intramolecular Hbond substituents is 1. The molecule has 0 amide bonds. The lowest BCUT2D eigenvalue weighted by Crippen LogP contribution is -2.37. The molecule has 0 saturated carbocycles. The van der Waals surface area contributed by atoms with Crippen LogP contribution >= 0.6 is 12.2 Å². The second-order valence-corrected chi connectivity index (χ2v) is 5.58. The summed E-state index contributed by atoms with van der Waals surface area (Å²) in [5, 5.41) is 17.4. The molecule has 2 aliphatic rings. The van der Waals surface area contributed by atoms with Crippen LogP contribution in [-0.4, -0.2) is 49.7 Å². The average molecular weight is 320 g/mol. The second-order valence-electron chi connectivity index (χ2n) is 5.21. The highest BCUT2D eigenvalue weighted by Crippen LogP contribution is 2.32. The maximum atomic E-state index is 11.9. The van der Waals surface area contributed by atoms with Crippen molar-refractivity contribution >= 4 is 18.0 Å². The molecule has 114 valence electrons. The monoisotopic (exact) mass is 320 g/mol. The van der Waals surface area contributed by atoms with E-state index in [1.807, 2.05) is 0 Å². The number of ketones is 1. The quantitative estimate of drug-likeness (QED) is 0.817. The zero-order valence-corrected chi connectivity index (χ0v) is 12.1. The van der Waals surface area contributed by atoms with Crippen molar-refractivity contribution in [1.29, 1.82) is 0 Å². The van der Waals surface area contributed by atoms with Crippen LogP contribution in [0.15, 0.2) is 24.3 Å². The largest absolute Gasteiger partial charge is 0.508 e. The van der Waals surface area contributed by atoms with Crippen molar-refractivity contribution in [1.82, 2.24) is 19.8 Å². The number of aromatic hydroxyl groups is 1. The molecule has 0 aliphatic carbocycles. The molecule has 4 rings (SSSR count). The number of hydrogen-bond acceptors (Lipinski definition) is 7. The lowest BCUT2D eigenvalue weighted by Gasteiger charge is -2.25. The van der Waals surface area contributed by atoms with E-state index >= 15 is 0 Å². The van der Waals surface area contributed by atoms with E-state index in [0.717, 1.165) is 0 Å². The highest BCUT2D eigenvalue weighted by atomic mass is 32.1. The minimum Gasteiger partial charge on any atom is -0.508 e. The summed E-state index contributed by atoms with van der Waals surface area (Å²) >= 11 is 5.40. The molecule has 0 spiro atoms. The lowest BCUT2D eigenvalue weighted by molar-refractivity contribution is -0.156. The van der Waals surface area contributed by atoms with E-state index < -0.39 is 6.29 Å². The molecule has 2 aliphatic heterocycles. The molecule has 8 nitrogen and oxygen atoms in total. The number of carbonyl (C=O) groups excluding carboxylic acids is 1. The van der Waals surface area contributed by atoms with Gasteiger partial charge in [0.1, 0.15) is 11.9 Å². The van der Waals surface area contributed by atoms with Crippen LogP contribution in [0.5, 0.6) is 5.75 Å². The van der Waals surface area contributed by atoms with Gasteiger partial charge in [-0.05, 0) is 46.9 Å². The van der Waals surface area contributed by atoms with Crippen LogP contribution in [0, 0.1) is 4.77 Å². The number of ether oxygens (including phenoxy) is 2. The molecule has 1 aromatic heterocycles. The van der Waals surface area contributed by atoms with Gasteiger partial charge in [0.15, 0.2) is 5.78 Å². The Morgan fingerprint density at radius 3 is 2.82 bits per heavy atom. The minimum atomic E-state index is -0.748. The number of hydrogen-bond donors (Lipinski definition) is 1. The van der Waals surface area contributed by atoms with E-state index in [2.05, 4.69) is 10.4 Å². The van der Waals surface area contributed by atoms with Gasteiger partial charge in [-0.15, -0.1) is 0 Å². The van der Waals surface area contributed by atoms with Gasteiger partial charge in [-0.1, -0.05) is 0 Å². The molecule has 22 heavy (non-hydrogen) atoms. The number of Topliss-reactive ketones (excluding diaryl/α,β-unsaturated/α-hetero) is 1. The molecule has 2 fully saturated rings. The molecule has 9 heteroatoms. The first kappa shape index (κ1) is 13.6. The maximum absolute atomic E-state index is 11.9. The number of phenols is 1. The summed E-state index contributed by atoms with van der Waals surface area (Å²) in [6.45, 7) is 0.342. The van der Waals surface area contributed by atoms with Crippen molar-refractivity contribution in [3.8, 4) is 11.4 Å². The highest BCUT2D eigenvalue weighted by Gasteiger charge is 2.45. The Bertz CT molecular complexity index is 784. The summed E-state index contributed by atoms with van der Waals surface area (Å²) in [5.74, 6) is 0.0444. The predicted octanol–water partition coefficient (Wildman–Crippen LogP) is 0.759. The molecule has 3 heterocycles. The minimum absolute atomic E-state index is 0.111. The standard InChI is InChI=1S/C13H12N4O4S/c18-8-3-1-7(2-4-8)16-13(22)17(15-14-16)9-5-10(19)12-20-6-11(9)21-12/h1-4,9,11-12,18H,5-6H2/t9-,11+,12+/m1/s1. The SMILES string of the molecule is O=C1C[C@@H](n2nnn(-c3ccc(O)cc3)c2=S)[C@@H]2CO[C@H]1O2. The van der Waals surface area contributed by atoms with Gasteiger partial charge in [0.2, 0.25) is 11.1 Å². The lowest BCUT2D eigenvalue weighted by atomic mass is 10.0. The smallest absolute Gasteiger partial charge is 0.221 e. The van der Waals surface area contributed by atoms with Gasteiger partial charge in [0.05, 0.1) is 18.3 Å². The fraction of sp³-hybridized carbons (Fsp3) is 0.385. The van der Waals surface area contributed by atoms with Crippen LogP contribution in [0.3, 0.4) is 0 Å². The van der Waals surface area contributed by atoms with E-state index in [-0.39, 0.29) is 30.1 Å². The first-order valence-electron chi connectivity index (χ1n) is 6.77. The van der Waals surface area contributed by atoms with E-state index in [9.17, 15) is 9.90 Å². The van der Waals surface area contributed by atoms with Crippen molar-refractivity contribution < 1.29 is 19.4 Å². The number of fused-ring (bicyclic) bond motifs is 2. The van der Waals surface area contributed by atoms with E-state index in [1.54, 1.807) is 24.3 Å². The van der Waals surface area contributed by atoms with Crippen molar-refractivity contribution in [3.63, 3.8) is 0 Å². The van der Waals surface area contributed by atoms with Gasteiger partial charge in [0, 0.05) is 6.42 Å². The molecule has 2 aromatic rings. The Morgan fingerprint density at radius 2 is 2.05 bits per heavy atom. The Hall–Kier alpha value is -2.10. The van der Waals surface area contributed by atoms with Crippen molar-refractivity contribution in [3.05, 3.63) is 29.0 Å². The number of carbonyl (C=O) groups is 1. The molecular formula is C13H12N4O4S. The van der Waals surface area contributed by atoms with Gasteiger partial charge >= 0.3 is 0 Å². The third kappa shape index (κ3) is 2.05. The second kappa shape index (κ2) is 4.97. The molecule has 0 radical (unpaired) electrons. The number of nitrogens with zero attached hydrogens (tertiary/aromatic N) is 4. The van der Waals surface area contributed by atoms with Crippen molar-refractivity contribution in [2.45, 2.75) is 24.9 Å². The van der Waals surface area contributed by atoms with Gasteiger partial charge in [0.25, 0.3) is 0 Å². The van der Waals surface area contributed by atoms with Crippen LogP contribution in [0.1, 0.15) is 12.5 Å². The van der Waals surface area contributed by atoms with Crippen LogP contribution in [0.4, 0.5) is 0 Å². The number of tetrazole rings is 1. The van der Waals surface area contributed by atoms with Crippen molar-refractivity contribution in [2.24, 2.45) is 0 Å². The van der Waals surface area contributed by atoms with Crippen molar-refractivity contribution in [2.75, 3.05) is 6.61 Å². The topological polar surface area (TPSA) is 91.4 Å². The van der Waals surface area contributed by atoms with E-state index in [0.29, 0.717) is 17.1 Å². The van der Waals surface area contributed by atoms with Crippen LogP contribution in [0.25, 0.3) is 5.69 Å². The van der Waals surface area contributed by atoms with E-state index in [1.165, 1.54) is 9.36 Å². The zero-order valence-electron chi connectivity index (χ0n) is 11.3. The summed E-state index contributed by atoms with van der Waals surface area (Å²) in [7, 11) is 0. The Kier molecular flexibility index (Phi) is 3.06. The fourth-order valence-corrected chi connectivity index (χ4v) is 3.00. The average Bonchev–Trinajstić information content (AvgIpc) is 3.10. The van der Waals surface area contributed by atoms with Gasteiger partial charge < -0.3 is 14.6 Å². The molecule has 1 aromatic carbocycles. The predicted molar refractivity (Wildman–Crippen MR) is 75.1 cm³/mol. The Balaban J connectivity index is 1.71. The van der Waals surface area contributed by atoms with Gasteiger partial charge in [-0.2, -0.15) is 4.68 Å². The molecule has 3 atom stereocenters. The summed E-state index contributed by atoms with van der Waals surface area (Å²) in [6, 6.07) is 6.13. The Morgan fingerprint density at radius 1 is 1.27 bits per heavy atom. The third-order valence-corrected chi connectivity index (χ3v) is 4.18. The summed E-state index contributed by atoms with van der Waals surface area (Å²) in [6.07, 6.45) is -0.736. The summed E-state index contributed by atoms with van der Waals surface area (Å²) < 4.78 is 14.2. The first-order valence-corrected chi connectivity index (χ1v) is 7.18. The van der Waals surface area contributed by atoms with Crippen LogP contribution in [0.2, 0.25) is 0 Å². The zero-order chi connectivity index (χ0) is 15.3. The Labute approximate surface area is 129 Å². The molecule has 0 unspecified atom stereocenters. The number of aromatic nitrogens is 4. The molecule has 1 N–H and O–H groups in total. The molecule has 2 saturated heterocycles. The van der Waals surface area contributed by atoms with Crippen LogP contribution in [-0.2, 0) is 14.3 Å². The first-order chi connectivity index (χ1) is 10.6. The van der Waals surface area contributed by atoms with E-state index in [4.69, 9.17) is 21.7 Å². The third-order valence-electron chi connectivity index (χ3n) is 3.82. The fourth-order valence-electron chi connectivity index (χ4n) is 2.69. The maximum Gasteiger partial charge on any atom is 0.221 e. The molecule has 2 bridgehead atoms. The summed E-state index contributed by atoms with van der Waals surface area (Å²) in [5.41, 5.74) is 0.678. The van der Waals surface area contributed by atoms with Gasteiger partial charge in [-0.25, -0.2) is 4.68 Å². The number of rotatable bonds is 2. The van der Waals surface area contributed by atoms with Crippen LogP contribution < -0.4 is 0 Å². The highest BCUT2D eigenvalue weighted by molar-refractivity contribution is 7.71.